The van der Waals surface area contributed by atoms with Crippen molar-refractivity contribution in [3.8, 4) is 0 Å². The zero-order valence-corrected chi connectivity index (χ0v) is 12.8. The Bertz CT molecular complexity index is 401. The molecular weight excluding hydrogens is 253 g/mol. The molecule has 0 spiro atoms. The summed E-state index contributed by atoms with van der Waals surface area (Å²) in [5.41, 5.74) is 1.11. The van der Waals surface area contributed by atoms with Crippen molar-refractivity contribution in [3.05, 3.63) is 35.6 Å². The van der Waals surface area contributed by atoms with E-state index in [-0.39, 0.29) is 5.82 Å². The molecule has 1 rings (SSSR count). The van der Waals surface area contributed by atoms with Crippen LogP contribution in [0.2, 0.25) is 0 Å². The maximum absolute atomic E-state index is 12.8. The average Bonchev–Trinajstić information content (AvgIpc) is 2.46. The summed E-state index contributed by atoms with van der Waals surface area (Å²) >= 11 is 0. The minimum atomic E-state index is -0.190. The van der Waals surface area contributed by atoms with E-state index in [9.17, 15) is 4.39 Å². The highest BCUT2D eigenvalue weighted by Gasteiger charge is 2.04. The third kappa shape index (κ3) is 6.04. The van der Waals surface area contributed by atoms with Crippen LogP contribution in [0, 0.1) is 5.82 Å². The van der Waals surface area contributed by atoms with Crippen molar-refractivity contribution in [2.45, 2.75) is 33.1 Å². The molecule has 20 heavy (non-hydrogen) atoms. The van der Waals surface area contributed by atoms with Crippen LogP contribution in [0.1, 0.15) is 32.3 Å². The van der Waals surface area contributed by atoms with Gasteiger partial charge in [-0.1, -0.05) is 25.5 Å². The van der Waals surface area contributed by atoms with E-state index in [1.165, 1.54) is 25.0 Å². The number of nitrogens with one attached hydrogen (secondary N) is 1. The Balaban J connectivity index is 2.51. The molecule has 0 saturated heterocycles. The van der Waals surface area contributed by atoms with Crippen molar-refractivity contribution in [3.63, 3.8) is 0 Å². The predicted octanol–water partition coefficient (Wildman–Crippen LogP) is 3.07. The normalized spacial score (nSPS) is 11.5. The van der Waals surface area contributed by atoms with Gasteiger partial charge < -0.3 is 10.2 Å². The van der Waals surface area contributed by atoms with Crippen LogP contribution in [0.25, 0.3) is 0 Å². The van der Waals surface area contributed by atoms with Gasteiger partial charge in [-0.05, 0) is 37.5 Å². The Morgan fingerprint density at radius 1 is 1.25 bits per heavy atom. The van der Waals surface area contributed by atoms with Gasteiger partial charge in [0.15, 0.2) is 5.96 Å². The molecule has 0 radical (unpaired) electrons. The minimum absolute atomic E-state index is 0.190. The Labute approximate surface area is 121 Å². The molecule has 0 aliphatic rings. The summed E-state index contributed by atoms with van der Waals surface area (Å²) < 4.78 is 12.8. The fraction of sp³-hybridized carbons (Fsp3) is 0.562. The number of halogens is 1. The van der Waals surface area contributed by atoms with E-state index < -0.39 is 0 Å². The van der Waals surface area contributed by atoms with Gasteiger partial charge in [0.2, 0.25) is 0 Å². The van der Waals surface area contributed by atoms with Crippen LogP contribution in [-0.2, 0) is 6.42 Å². The topological polar surface area (TPSA) is 27.6 Å². The molecule has 0 amide bonds. The lowest BCUT2D eigenvalue weighted by atomic mass is 10.1. The molecular formula is C16H26FN3. The summed E-state index contributed by atoms with van der Waals surface area (Å²) in [6.07, 6.45) is 3.18. The Kier molecular flexibility index (Phi) is 7.70. The standard InChI is InChI=1S/C16H26FN3/c1-4-6-13-20(3)16(18-5-2)19-12-11-14-7-9-15(17)10-8-14/h7-10H,4-6,11-13H2,1-3H3,(H,18,19). The van der Waals surface area contributed by atoms with Gasteiger partial charge in [0.25, 0.3) is 0 Å². The second-order valence-electron chi connectivity index (χ2n) is 4.89. The lowest BCUT2D eigenvalue weighted by molar-refractivity contribution is 0.465. The van der Waals surface area contributed by atoms with E-state index in [4.69, 9.17) is 0 Å². The molecule has 0 aromatic heterocycles. The van der Waals surface area contributed by atoms with Gasteiger partial charge >= 0.3 is 0 Å². The molecule has 0 saturated carbocycles. The molecule has 0 aliphatic heterocycles. The molecule has 112 valence electrons. The summed E-state index contributed by atoms with van der Waals surface area (Å²) in [7, 11) is 2.06. The number of benzene rings is 1. The average molecular weight is 279 g/mol. The smallest absolute Gasteiger partial charge is 0.193 e. The predicted molar refractivity (Wildman–Crippen MR) is 83.6 cm³/mol. The van der Waals surface area contributed by atoms with Gasteiger partial charge in [0.1, 0.15) is 5.82 Å². The fourth-order valence-electron chi connectivity index (χ4n) is 1.91. The van der Waals surface area contributed by atoms with Gasteiger partial charge in [-0.3, -0.25) is 4.99 Å². The molecule has 0 unspecified atom stereocenters. The zero-order chi connectivity index (χ0) is 14.8. The summed E-state index contributed by atoms with van der Waals surface area (Å²) in [6.45, 7) is 6.85. The van der Waals surface area contributed by atoms with Crippen LogP contribution in [0.3, 0.4) is 0 Å². The van der Waals surface area contributed by atoms with Crippen molar-refractivity contribution >= 4 is 5.96 Å². The number of nitrogens with zero attached hydrogens (tertiary/aromatic N) is 2. The van der Waals surface area contributed by atoms with Crippen LogP contribution >= 0.6 is 0 Å². The van der Waals surface area contributed by atoms with Crippen LogP contribution < -0.4 is 5.32 Å². The first-order valence-electron chi connectivity index (χ1n) is 7.41. The molecule has 3 nitrogen and oxygen atoms in total. The van der Waals surface area contributed by atoms with Crippen LogP contribution in [0.4, 0.5) is 4.39 Å². The Hall–Kier alpha value is -1.58. The highest BCUT2D eigenvalue weighted by molar-refractivity contribution is 5.79. The number of hydrogen-bond acceptors (Lipinski definition) is 1. The zero-order valence-electron chi connectivity index (χ0n) is 12.8. The third-order valence-corrected chi connectivity index (χ3v) is 3.12. The summed E-state index contributed by atoms with van der Waals surface area (Å²) in [5.74, 6) is 0.757. The Morgan fingerprint density at radius 3 is 2.55 bits per heavy atom. The van der Waals surface area contributed by atoms with Crippen molar-refractivity contribution in [1.29, 1.82) is 0 Å². The summed E-state index contributed by atoms with van der Waals surface area (Å²) in [4.78, 5) is 6.79. The van der Waals surface area contributed by atoms with E-state index in [0.29, 0.717) is 6.54 Å². The maximum Gasteiger partial charge on any atom is 0.193 e. The van der Waals surface area contributed by atoms with E-state index in [1.54, 1.807) is 0 Å². The molecule has 1 N–H and O–H groups in total. The number of aliphatic imine (C=N–C) groups is 1. The molecule has 0 heterocycles. The van der Waals surface area contributed by atoms with Crippen LogP contribution in [0.5, 0.6) is 0 Å². The van der Waals surface area contributed by atoms with E-state index in [0.717, 1.165) is 31.0 Å². The molecule has 0 atom stereocenters. The number of guanidine groups is 1. The van der Waals surface area contributed by atoms with E-state index in [1.807, 2.05) is 12.1 Å². The van der Waals surface area contributed by atoms with Crippen LogP contribution in [-0.4, -0.2) is 37.5 Å². The highest BCUT2D eigenvalue weighted by atomic mass is 19.1. The van der Waals surface area contributed by atoms with Crippen molar-refractivity contribution in [2.75, 3.05) is 26.7 Å². The molecule has 0 aliphatic carbocycles. The molecule has 0 fully saturated rings. The van der Waals surface area contributed by atoms with Crippen molar-refractivity contribution in [1.82, 2.24) is 10.2 Å². The van der Waals surface area contributed by atoms with Crippen LogP contribution in [0.15, 0.2) is 29.3 Å². The van der Waals surface area contributed by atoms with Gasteiger partial charge in [-0.25, -0.2) is 4.39 Å². The summed E-state index contributed by atoms with van der Waals surface area (Å²) in [6, 6.07) is 6.63. The molecule has 1 aromatic rings. The minimum Gasteiger partial charge on any atom is -0.357 e. The lowest BCUT2D eigenvalue weighted by Crippen LogP contribution is -2.39. The summed E-state index contributed by atoms with van der Waals surface area (Å²) in [5, 5.41) is 3.30. The highest BCUT2D eigenvalue weighted by Crippen LogP contribution is 2.03. The third-order valence-electron chi connectivity index (χ3n) is 3.12. The molecule has 1 aromatic carbocycles. The van der Waals surface area contributed by atoms with Gasteiger partial charge in [0.05, 0.1) is 0 Å². The largest absolute Gasteiger partial charge is 0.357 e. The monoisotopic (exact) mass is 279 g/mol. The van der Waals surface area contributed by atoms with E-state index >= 15 is 0 Å². The van der Waals surface area contributed by atoms with Gasteiger partial charge in [0, 0.05) is 26.7 Å². The number of hydrogen-bond donors (Lipinski definition) is 1. The first kappa shape index (κ1) is 16.5. The first-order chi connectivity index (χ1) is 9.67. The fourth-order valence-corrected chi connectivity index (χ4v) is 1.91. The number of rotatable bonds is 7. The molecule has 0 bridgehead atoms. The first-order valence-corrected chi connectivity index (χ1v) is 7.41. The SMILES string of the molecule is CCCCN(C)C(=NCCc1ccc(F)cc1)NCC. The molecule has 4 heteroatoms. The van der Waals surface area contributed by atoms with Gasteiger partial charge in [-0.2, -0.15) is 0 Å². The second kappa shape index (κ2) is 9.34. The lowest BCUT2D eigenvalue weighted by Gasteiger charge is -2.21. The van der Waals surface area contributed by atoms with Gasteiger partial charge in [-0.15, -0.1) is 0 Å². The number of unbranched alkanes of at least 4 members (excludes halogenated alkanes) is 1. The van der Waals surface area contributed by atoms with Crippen molar-refractivity contribution < 1.29 is 4.39 Å². The Morgan fingerprint density at radius 2 is 1.95 bits per heavy atom. The van der Waals surface area contributed by atoms with Crippen molar-refractivity contribution in [2.24, 2.45) is 4.99 Å². The maximum atomic E-state index is 12.8. The quantitative estimate of drug-likeness (QED) is 0.613. The second-order valence-corrected chi connectivity index (χ2v) is 4.89. The van der Waals surface area contributed by atoms with E-state index in [2.05, 4.69) is 36.1 Å².